The van der Waals surface area contributed by atoms with Gasteiger partial charge in [-0.15, -0.1) is 5.54 Å². The summed E-state index contributed by atoms with van der Waals surface area (Å²) in [5.41, 5.74) is 3.84. The summed E-state index contributed by atoms with van der Waals surface area (Å²) in [5.74, 6) is 9.28. The number of H-pyrrole nitrogens is 1. The van der Waals surface area contributed by atoms with Gasteiger partial charge in [0.15, 0.2) is 0 Å². The Morgan fingerprint density at radius 3 is 2.90 bits per heavy atom. The number of carboxylic acid groups (broad SMARTS) is 1. The maximum absolute atomic E-state index is 11.1. The average Bonchev–Trinajstić information content (AvgIpc) is 3.01. The molecule has 2 heterocycles. The van der Waals surface area contributed by atoms with E-state index < -0.39 is 14.2 Å². The van der Waals surface area contributed by atoms with Crippen molar-refractivity contribution in [1.82, 2.24) is 14.9 Å². The van der Waals surface area contributed by atoms with Crippen molar-refractivity contribution in [3.8, 4) is 23.3 Å². The first-order valence-corrected chi connectivity index (χ1v) is 10.4. The molecule has 1 aliphatic heterocycles. The number of amides is 1. The van der Waals surface area contributed by atoms with Gasteiger partial charge in [-0.2, -0.15) is 0 Å². The molecule has 1 aromatic rings. The van der Waals surface area contributed by atoms with Crippen molar-refractivity contribution in [2.24, 2.45) is 0 Å². The van der Waals surface area contributed by atoms with E-state index in [0.29, 0.717) is 18.1 Å². The van der Waals surface area contributed by atoms with Crippen LogP contribution in [0.2, 0.25) is 19.6 Å². The molecule has 0 aromatic carbocycles. The summed E-state index contributed by atoms with van der Waals surface area (Å²) in [5, 5.41) is 9.14. The minimum Gasteiger partial charge on any atom is -0.465 e. The third kappa shape index (κ3) is 4.14. The minimum atomic E-state index is -1.39. The highest BCUT2D eigenvalue weighted by molar-refractivity contribution is 6.83. The molecule has 1 atom stereocenters. The van der Waals surface area contributed by atoms with Crippen LogP contribution in [0, 0.1) is 23.3 Å². The summed E-state index contributed by atoms with van der Waals surface area (Å²) in [4.78, 5) is 19.9. The zero-order valence-corrected chi connectivity index (χ0v) is 13.5. The number of likely N-dealkylation sites (tertiary alicyclic amines) is 1. The molecule has 110 valence electrons. The lowest BCUT2D eigenvalue weighted by atomic mass is 10.2. The molecule has 1 aliphatic rings. The highest BCUT2D eigenvalue weighted by atomic mass is 28.3. The molecular weight excluding hydrogens is 282 g/mol. The number of hydrogen-bond donors (Lipinski definition) is 2. The lowest BCUT2D eigenvalue weighted by molar-refractivity contribution is 0.139. The van der Waals surface area contributed by atoms with Gasteiger partial charge in [-0.3, -0.25) is 4.90 Å². The molecule has 1 saturated heterocycles. The van der Waals surface area contributed by atoms with Crippen molar-refractivity contribution in [3.63, 3.8) is 0 Å². The van der Waals surface area contributed by atoms with Crippen LogP contribution in [0.4, 0.5) is 4.79 Å². The first kappa shape index (κ1) is 15.2. The Morgan fingerprint density at radius 2 is 2.24 bits per heavy atom. The number of nitrogens with zero attached hydrogens (tertiary/aromatic N) is 2. The third-order valence-corrected chi connectivity index (χ3v) is 3.98. The molecule has 2 N–H and O–H groups in total. The fraction of sp³-hybridized carbons (Fsp3) is 0.467. The summed E-state index contributed by atoms with van der Waals surface area (Å²) in [6.07, 6.45) is 2.39. The van der Waals surface area contributed by atoms with E-state index >= 15 is 0 Å². The van der Waals surface area contributed by atoms with Crippen LogP contribution in [0.25, 0.3) is 0 Å². The molecule has 21 heavy (non-hydrogen) atoms. The fourth-order valence-electron chi connectivity index (χ4n) is 2.17. The van der Waals surface area contributed by atoms with E-state index in [1.165, 1.54) is 4.90 Å². The van der Waals surface area contributed by atoms with Crippen molar-refractivity contribution >= 4 is 14.2 Å². The Morgan fingerprint density at radius 1 is 1.48 bits per heavy atom. The van der Waals surface area contributed by atoms with Crippen molar-refractivity contribution < 1.29 is 9.90 Å². The molecular formula is C15H19N3O2Si. The van der Waals surface area contributed by atoms with Crippen LogP contribution in [0.1, 0.15) is 30.4 Å². The van der Waals surface area contributed by atoms with Gasteiger partial charge in [0.2, 0.25) is 0 Å². The van der Waals surface area contributed by atoms with E-state index in [1.807, 2.05) is 0 Å². The molecule has 2 rings (SSSR count). The molecule has 1 fully saturated rings. The second-order valence-corrected chi connectivity index (χ2v) is 10.8. The monoisotopic (exact) mass is 301 g/mol. The summed E-state index contributed by atoms with van der Waals surface area (Å²) in [7, 11) is -1.39. The van der Waals surface area contributed by atoms with Gasteiger partial charge < -0.3 is 10.1 Å². The molecule has 6 heteroatoms. The van der Waals surface area contributed by atoms with Gasteiger partial charge in [0.25, 0.3) is 0 Å². The van der Waals surface area contributed by atoms with Crippen molar-refractivity contribution in [2.45, 2.75) is 38.5 Å². The number of nitrogens with one attached hydrogen (secondary N) is 1. The van der Waals surface area contributed by atoms with Gasteiger partial charge in [-0.05, 0) is 30.6 Å². The predicted molar refractivity (Wildman–Crippen MR) is 83.3 cm³/mol. The number of aromatic amines is 1. The Balaban J connectivity index is 2.10. The van der Waals surface area contributed by atoms with Crippen LogP contribution >= 0.6 is 0 Å². The average molecular weight is 301 g/mol. The molecule has 0 aliphatic carbocycles. The van der Waals surface area contributed by atoms with E-state index in [0.717, 1.165) is 12.8 Å². The van der Waals surface area contributed by atoms with Gasteiger partial charge in [-0.25, -0.2) is 9.78 Å². The number of rotatable bonds is 1. The molecule has 1 amide bonds. The zero-order chi connectivity index (χ0) is 15.5. The normalized spacial score (nSPS) is 17.7. The van der Waals surface area contributed by atoms with Crippen molar-refractivity contribution in [3.05, 3.63) is 17.7 Å². The van der Waals surface area contributed by atoms with Crippen LogP contribution in [0.3, 0.4) is 0 Å². The van der Waals surface area contributed by atoms with Crippen molar-refractivity contribution in [1.29, 1.82) is 0 Å². The first-order valence-electron chi connectivity index (χ1n) is 6.94. The minimum absolute atomic E-state index is 0.189. The Labute approximate surface area is 125 Å². The van der Waals surface area contributed by atoms with Crippen LogP contribution < -0.4 is 0 Å². The summed E-state index contributed by atoms with van der Waals surface area (Å²) in [6.45, 7) is 7.05. The van der Waals surface area contributed by atoms with E-state index in [1.54, 1.807) is 6.20 Å². The van der Waals surface area contributed by atoms with E-state index in [9.17, 15) is 4.79 Å². The SMILES string of the molecule is C[Si](C)(C)C#CC#Cc1cnc([C@@H]2CCCN2C(=O)O)[nH]1. The summed E-state index contributed by atoms with van der Waals surface area (Å²) in [6, 6.07) is -0.189. The van der Waals surface area contributed by atoms with Gasteiger partial charge in [0, 0.05) is 6.54 Å². The maximum Gasteiger partial charge on any atom is 0.407 e. The maximum atomic E-state index is 11.1. The lowest BCUT2D eigenvalue weighted by Crippen LogP contribution is -2.29. The topological polar surface area (TPSA) is 69.2 Å². The number of imidazole rings is 1. The highest BCUT2D eigenvalue weighted by Gasteiger charge is 2.31. The van der Waals surface area contributed by atoms with Gasteiger partial charge in [0.05, 0.1) is 12.2 Å². The smallest absolute Gasteiger partial charge is 0.407 e. The molecule has 0 bridgehead atoms. The Kier molecular flexibility index (Phi) is 4.39. The Hall–Kier alpha value is -2.18. The number of carbonyl (C=O) groups is 1. The molecule has 5 nitrogen and oxygen atoms in total. The van der Waals surface area contributed by atoms with E-state index in [4.69, 9.17) is 5.11 Å². The quantitative estimate of drug-likeness (QED) is 0.618. The summed E-state index contributed by atoms with van der Waals surface area (Å²) >= 11 is 0. The lowest BCUT2D eigenvalue weighted by Gasteiger charge is -2.19. The van der Waals surface area contributed by atoms with E-state index in [-0.39, 0.29) is 6.04 Å². The molecule has 1 aromatic heterocycles. The second kappa shape index (κ2) is 6.07. The predicted octanol–water partition coefficient (Wildman–Crippen LogP) is 2.46. The summed E-state index contributed by atoms with van der Waals surface area (Å²) < 4.78 is 0. The van der Waals surface area contributed by atoms with Crippen LogP contribution in [-0.2, 0) is 0 Å². The molecule has 0 unspecified atom stereocenters. The van der Waals surface area contributed by atoms with Crippen LogP contribution in [0.5, 0.6) is 0 Å². The van der Waals surface area contributed by atoms with E-state index in [2.05, 4.69) is 52.9 Å². The Bertz CT molecular complexity index is 652. The third-order valence-electron chi connectivity index (χ3n) is 3.11. The molecule has 0 spiro atoms. The number of hydrogen-bond acceptors (Lipinski definition) is 2. The molecule has 0 saturated carbocycles. The largest absolute Gasteiger partial charge is 0.465 e. The first-order chi connectivity index (χ1) is 9.87. The fourth-order valence-corrected chi connectivity index (χ4v) is 2.60. The standard InChI is InChI=1S/C15H19N3O2Si/c1-21(2,3)10-5-4-7-12-11-16-14(17-12)13-8-6-9-18(13)15(19)20/h11,13H,6,8-9H2,1-3H3,(H,16,17)(H,19,20)/t13-/m0/s1. The van der Waals surface area contributed by atoms with Crippen LogP contribution in [0.15, 0.2) is 6.20 Å². The van der Waals surface area contributed by atoms with Crippen molar-refractivity contribution in [2.75, 3.05) is 6.54 Å². The molecule has 0 radical (unpaired) electrons. The zero-order valence-electron chi connectivity index (χ0n) is 12.5. The highest BCUT2D eigenvalue weighted by Crippen LogP contribution is 2.29. The van der Waals surface area contributed by atoms with Gasteiger partial charge in [-0.1, -0.05) is 19.6 Å². The van der Waals surface area contributed by atoms with Gasteiger partial charge >= 0.3 is 6.09 Å². The number of aromatic nitrogens is 2. The van der Waals surface area contributed by atoms with Crippen LogP contribution in [-0.4, -0.2) is 40.7 Å². The van der Waals surface area contributed by atoms with Gasteiger partial charge in [0.1, 0.15) is 19.6 Å². The second-order valence-electron chi connectivity index (χ2n) is 6.07.